The van der Waals surface area contributed by atoms with Crippen molar-refractivity contribution in [1.29, 1.82) is 0 Å². The summed E-state index contributed by atoms with van der Waals surface area (Å²) in [6.45, 7) is -0.257. The van der Waals surface area contributed by atoms with Crippen molar-refractivity contribution in [3.05, 3.63) is 23.0 Å². The van der Waals surface area contributed by atoms with Crippen LogP contribution in [0.2, 0.25) is 5.02 Å². The summed E-state index contributed by atoms with van der Waals surface area (Å²) < 4.78 is 52.8. The standard InChI is InChI=1S/C13H11Cl2F2N3O4S/c14-5-25(23,24)18-9-3-10(8(17)2-7(9)15)20-12(21)11-1-6(16)4-19(11)13(20)22/h2-3,6,11,18H,1,4-5H2/t6-,11-/m1/s1. The third kappa shape index (κ3) is 3.13. The maximum atomic E-state index is 14.3. The highest BCUT2D eigenvalue weighted by Gasteiger charge is 2.52. The Morgan fingerprint density at radius 3 is 2.60 bits per heavy atom. The van der Waals surface area contributed by atoms with Crippen LogP contribution in [-0.2, 0) is 14.8 Å². The Hall–Kier alpha value is -1.65. The number of fused-ring (bicyclic) bond motifs is 1. The molecule has 1 aromatic carbocycles. The summed E-state index contributed by atoms with van der Waals surface area (Å²) in [7, 11) is -3.94. The third-order valence-electron chi connectivity index (χ3n) is 3.88. The van der Waals surface area contributed by atoms with Gasteiger partial charge in [0.05, 0.1) is 22.9 Å². The Balaban J connectivity index is 2.00. The minimum absolute atomic E-state index is 0.165. The van der Waals surface area contributed by atoms with Crippen LogP contribution in [0.5, 0.6) is 0 Å². The van der Waals surface area contributed by atoms with Gasteiger partial charge in [-0.2, -0.15) is 0 Å². The molecule has 3 amide bonds. The molecule has 1 aromatic rings. The van der Waals surface area contributed by atoms with Crippen molar-refractivity contribution in [2.45, 2.75) is 18.6 Å². The molecule has 25 heavy (non-hydrogen) atoms. The summed E-state index contributed by atoms with van der Waals surface area (Å²) >= 11 is 11.1. The SMILES string of the molecule is O=C1[C@H]2C[C@@H](F)CN2C(=O)N1c1cc(NS(=O)(=O)CCl)c(Cl)cc1F. The zero-order valence-corrected chi connectivity index (χ0v) is 14.7. The van der Waals surface area contributed by atoms with E-state index in [0.29, 0.717) is 4.90 Å². The maximum Gasteiger partial charge on any atom is 0.332 e. The van der Waals surface area contributed by atoms with Crippen LogP contribution in [0.3, 0.4) is 0 Å². The monoisotopic (exact) mass is 413 g/mol. The minimum atomic E-state index is -3.94. The van der Waals surface area contributed by atoms with Crippen molar-refractivity contribution in [2.75, 3.05) is 21.4 Å². The van der Waals surface area contributed by atoms with Gasteiger partial charge in [0.25, 0.3) is 5.91 Å². The first kappa shape index (κ1) is 18.2. The first-order valence-electron chi connectivity index (χ1n) is 6.98. The molecule has 0 aliphatic carbocycles. The number of hydrogen-bond donors (Lipinski definition) is 1. The number of nitrogens with one attached hydrogen (secondary N) is 1. The van der Waals surface area contributed by atoms with Gasteiger partial charge >= 0.3 is 6.03 Å². The van der Waals surface area contributed by atoms with E-state index in [1.165, 1.54) is 0 Å². The van der Waals surface area contributed by atoms with Crippen molar-refractivity contribution >= 4 is 56.5 Å². The number of nitrogens with zero attached hydrogens (tertiary/aromatic N) is 2. The second-order valence-corrected chi connectivity index (χ2v) is 8.28. The lowest BCUT2D eigenvalue weighted by Crippen LogP contribution is -2.35. The molecule has 2 aliphatic rings. The van der Waals surface area contributed by atoms with Gasteiger partial charge in [0, 0.05) is 6.42 Å². The molecule has 0 aromatic heterocycles. The van der Waals surface area contributed by atoms with Gasteiger partial charge in [0.2, 0.25) is 10.0 Å². The number of rotatable bonds is 4. The highest BCUT2D eigenvalue weighted by Crippen LogP contribution is 2.37. The normalized spacial score (nSPS) is 23.4. The molecule has 7 nitrogen and oxygen atoms in total. The van der Waals surface area contributed by atoms with Gasteiger partial charge in [-0.15, -0.1) is 11.6 Å². The molecule has 0 saturated carbocycles. The van der Waals surface area contributed by atoms with Crippen molar-refractivity contribution in [3.63, 3.8) is 0 Å². The van der Waals surface area contributed by atoms with Crippen LogP contribution < -0.4 is 9.62 Å². The number of hydrogen-bond acceptors (Lipinski definition) is 4. The number of carbonyl (C=O) groups excluding carboxylic acids is 2. The Morgan fingerprint density at radius 2 is 2.00 bits per heavy atom. The van der Waals surface area contributed by atoms with E-state index in [9.17, 15) is 26.8 Å². The molecule has 2 atom stereocenters. The Kier molecular flexibility index (Phi) is 4.54. The van der Waals surface area contributed by atoms with Crippen LogP contribution in [0.4, 0.5) is 25.0 Å². The number of alkyl halides is 2. The van der Waals surface area contributed by atoms with Crippen LogP contribution in [0.1, 0.15) is 6.42 Å². The van der Waals surface area contributed by atoms with E-state index in [-0.39, 0.29) is 23.7 Å². The lowest BCUT2D eigenvalue weighted by molar-refractivity contribution is -0.119. The summed E-state index contributed by atoms with van der Waals surface area (Å²) in [6.07, 6.45) is -1.48. The number of carbonyl (C=O) groups is 2. The zero-order valence-electron chi connectivity index (χ0n) is 12.4. The summed E-state index contributed by atoms with van der Waals surface area (Å²) in [5, 5.41) is -1.05. The number of urea groups is 1. The van der Waals surface area contributed by atoms with E-state index in [1.54, 1.807) is 0 Å². The second kappa shape index (κ2) is 6.26. The number of halogens is 4. The van der Waals surface area contributed by atoms with Gasteiger partial charge in [-0.25, -0.2) is 26.9 Å². The minimum Gasteiger partial charge on any atom is -0.309 e. The van der Waals surface area contributed by atoms with Crippen LogP contribution >= 0.6 is 23.2 Å². The van der Waals surface area contributed by atoms with Crippen LogP contribution in [0.25, 0.3) is 0 Å². The van der Waals surface area contributed by atoms with E-state index >= 15 is 0 Å². The van der Waals surface area contributed by atoms with Crippen molar-refractivity contribution in [3.8, 4) is 0 Å². The Morgan fingerprint density at radius 1 is 1.32 bits per heavy atom. The molecule has 0 unspecified atom stereocenters. The highest BCUT2D eigenvalue weighted by atomic mass is 35.5. The quantitative estimate of drug-likeness (QED) is 0.605. The third-order valence-corrected chi connectivity index (χ3v) is 5.87. The number of imide groups is 1. The zero-order chi connectivity index (χ0) is 18.5. The van der Waals surface area contributed by atoms with Crippen LogP contribution in [-0.4, -0.2) is 49.2 Å². The van der Waals surface area contributed by atoms with E-state index in [2.05, 4.69) is 0 Å². The largest absolute Gasteiger partial charge is 0.332 e. The molecule has 0 radical (unpaired) electrons. The summed E-state index contributed by atoms with van der Waals surface area (Å²) in [4.78, 5) is 26.3. The summed E-state index contributed by atoms with van der Waals surface area (Å²) in [5.74, 6) is -1.78. The molecular weight excluding hydrogens is 403 g/mol. The summed E-state index contributed by atoms with van der Waals surface area (Å²) in [5.41, 5.74) is -0.716. The second-order valence-electron chi connectivity index (χ2n) is 5.57. The van der Waals surface area contributed by atoms with E-state index in [1.807, 2.05) is 4.72 Å². The average molecular weight is 414 g/mol. The fourth-order valence-electron chi connectivity index (χ4n) is 2.81. The maximum absolute atomic E-state index is 14.3. The van der Waals surface area contributed by atoms with Crippen molar-refractivity contribution in [2.24, 2.45) is 0 Å². The predicted molar refractivity (Wildman–Crippen MR) is 87.6 cm³/mol. The van der Waals surface area contributed by atoms with Gasteiger partial charge < -0.3 is 4.90 Å². The molecule has 2 aliphatic heterocycles. The van der Waals surface area contributed by atoms with E-state index in [4.69, 9.17) is 23.2 Å². The topological polar surface area (TPSA) is 86.8 Å². The lowest BCUT2D eigenvalue weighted by Gasteiger charge is -2.18. The van der Waals surface area contributed by atoms with Gasteiger partial charge in [0.15, 0.2) is 0 Å². The highest BCUT2D eigenvalue weighted by molar-refractivity contribution is 7.93. The molecule has 1 N–H and O–H groups in total. The lowest BCUT2D eigenvalue weighted by atomic mass is 10.2. The molecule has 0 bridgehead atoms. The Bertz CT molecular complexity index is 843. The van der Waals surface area contributed by atoms with Crippen LogP contribution in [0, 0.1) is 5.82 Å². The molecule has 136 valence electrons. The molecule has 3 rings (SSSR count). The molecule has 2 fully saturated rings. The molecule has 2 heterocycles. The van der Waals surface area contributed by atoms with Crippen molar-refractivity contribution < 1.29 is 26.8 Å². The fraction of sp³-hybridized carbons (Fsp3) is 0.385. The molecular formula is C13H11Cl2F2N3O4S. The van der Waals surface area contributed by atoms with Gasteiger partial charge in [-0.05, 0) is 12.1 Å². The number of amides is 3. The summed E-state index contributed by atoms with van der Waals surface area (Å²) in [6, 6.07) is -0.180. The van der Waals surface area contributed by atoms with Crippen molar-refractivity contribution in [1.82, 2.24) is 4.90 Å². The number of anilines is 2. The van der Waals surface area contributed by atoms with E-state index in [0.717, 1.165) is 17.0 Å². The predicted octanol–water partition coefficient (Wildman–Crippen LogP) is 2.30. The molecule has 2 saturated heterocycles. The number of benzene rings is 1. The van der Waals surface area contributed by atoms with Gasteiger partial charge in [-0.3, -0.25) is 9.52 Å². The molecule has 12 heteroatoms. The first-order chi connectivity index (χ1) is 11.6. The fourth-order valence-corrected chi connectivity index (χ4v) is 3.78. The number of sulfonamides is 1. The average Bonchev–Trinajstić information content (AvgIpc) is 3.01. The Labute approximate surface area is 151 Å². The van der Waals surface area contributed by atoms with Gasteiger partial charge in [-0.1, -0.05) is 11.6 Å². The molecule has 0 spiro atoms. The first-order valence-corrected chi connectivity index (χ1v) is 9.55. The van der Waals surface area contributed by atoms with E-state index < -0.39 is 50.9 Å². The smallest absolute Gasteiger partial charge is 0.309 e. The van der Waals surface area contributed by atoms with Crippen LogP contribution in [0.15, 0.2) is 12.1 Å². The van der Waals surface area contributed by atoms with Gasteiger partial charge in [0.1, 0.15) is 23.2 Å².